The monoisotopic (exact) mass is 525 g/mol. The molecule has 1 N–H and O–H groups in total. The van der Waals surface area contributed by atoms with Gasteiger partial charge in [-0.3, -0.25) is 10.1 Å². The first kappa shape index (κ1) is 25.2. The standard InChI is InChI=1S/C30H27N3O4S/c1-5-25-26(19-14-12-18(2)13-15-19)32-30(38-25)33-28(34)23-16-20-8-6-11-24(36-4)27(20)37-29(23)31-21-9-7-10-22(17-21)35-3/h6-17H,5H2,1-4H3,(H,32,33,34). The fourth-order valence-corrected chi connectivity index (χ4v) is 4.99. The maximum Gasteiger partial charge on any atom is 0.262 e. The summed E-state index contributed by atoms with van der Waals surface area (Å²) in [6.07, 6.45) is 0.804. The van der Waals surface area contributed by atoms with Gasteiger partial charge in [0.05, 0.1) is 25.6 Å². The number of para-hydroxylation sites is 1. The molecule has 5 rings (SSSR count). The normalized spacial score (nSPS) is 11.5. The van der Waals surface area contributed by atoms with E-state index in [0.29, 0.717) is 33.3 Å². The molecular weight excluding hydrogens is 498 g/mol. The number of ether oxygens (including phenoxy) is 2. The van der Waals surface area contributed by atoms with E-state index in [4.69, 9.17) is 18.9 Å². The summed E-state index contributed by atoms with van der Waals surface area (Å²) >= 11 is 1.47. The van der Waals surface area contributed by atoms with Crippen molar-refractivity contribution in [3.05, 3.63) is 94.4 Å². The Morgan fingerprint density at radius 3 is 2.55 bits per heavy atom. The molecule has 0 fully saturated rings. The van der Waals surface area contributed by atoms with Crippen molar-refractivity contribution in [2.45, 2.75) is 20.3 Å². The number of hydrogen-bond acceptors (Lipinski definition) is 7. The molecule has 192 valence electrons. The van der Waals surface area contributed by atoms with Crippen molar-refractivity contribution in [1.29, 1.82) is 0 Å². The number of nitrogens with zero attached hydrogens (tertiary/aromatic N) is 2. The van der Waals surface area contributed by atoms with Crippen LogP contribution in [-0.2, 0) is 6.42 Å². The van der Waals surface area contributed by atoms with Crippen molar-refractivity contribution in [3.63, 3.8) is 0 Å². The van der Waals surface area contributed by atoms with E-state index in [1.165, 1.54) is 16.9 Å². The summed E-state index contributed by atoms with van der Waals surface area (Å²) in [4.78, 5) is 24.1. The summed E-state index contributed by atoms with van der Waals surface area (Å²) in [5, 5.41) is 4.20. The third-order valence-electron chi connectivity index (χ3n) is 6.05. The minimum absolute atomic E-state index is 0.152. The topological polar surface area (TPSA) is 86.0 Å². The Kier molecular flexibility index (Phi) is 7.24. The van der Waals surface area contributed by atoms with E-state index < -0.39 is 0 Å². The molecule has 38 heavy (non-hydrogen) atoms. The largest absolute Gasteiger partial charge is 0.497 e. The molecule has 0 saturated heterocycles. The second-order valence-corrected chi connectivity index (χ2v) is 9.71. The fraction of sp³-hybridized carbons (Fsp3) is 0.167. The number of amides is 1. The third kappa shape index (κ3) is 5.17. The third-order valence-corrected chi connectivity index (χ3v) is 7.17. The number of nitrogens with one attached hydrogen (secondary N) is 1. The predicted octanol–water partition coefficient (Wildman–Crippen LogP) is 6.93. The Hall–Kier alpha value is -4.43. The van der Waals surface area contributed by atoms with Gasteiger partial charge in [0.25, 0.3) is 5.91 Å². The molecule has 0 unspecified atom stereocenters. The number of thiazole rings is 1. The van der Waals surface area contributed by atoms with Crippen molar-refractivity contribution in [3.8, 4) is 22.8 Å². The second kappa shape index (κ2) is 10.9. The first-order valence-corrected chi connectivity index (χ1v) is 13.0. The first-order valence-electron chi connectivity index (χ1n) is 12.2. The molecule has 0 spiro atoms. The van der Waals surface area contributed by atoms with Crippen LogP contribution in [-0.4, -0.2) is 25.1 Å². The highest BCUT2D eigenvalue weighted by Gasteiger charge is 2.18. The minimum atomic E-state index is -0.369. The molecule has 2 heterocycles. The lowest BCUT2D eigenvalue weighted by Gasteiger charge is -2.08. The minimum Gasteiger partial charge on any atom is -0.497 e. The average molecular weight is 526 g/mol. The smallest absolute Gasteiger partial charge is 0.262 e. The van der Waals surface area contributed by atoms with E-state index in [9.17, 15) is 4.79 Å². The number of benzene rings is 3. The summed E-state index contributed by atoms with van der Waals surface area (Å²) in [5.74, 6) is 0.827. The van der Waals surface area contributed by atoms with E-state index in [0.717, 1.165) is 22.6 Å². The van der Waals surface area contributed by atoms with Crippen LogP contribution in [0.2, 0.25) is 0 Å². The number of carbonyl (C=O) groups excluding carboxylic acids is 1. The van der Waals surface area contributed by atoms with Crippen LogP contribution in [0.3, 0.4) is 0 Å². The summed E-state index contributed by atoms with van der Waals surface area (Å²) in [5.41, 5.74) is 4.59. The van der Waals surface area contributed by atoms with Gasteiger partial charge < -0.3 is 13.9 Å². The Morgan fingerprint density at radius 1 is 1.03 bits per heavy atom. The molecular formula is C30H27N3O4S. The summed E-state index contributed by atoms with van der Waals surface area (Å²) in [6, 6.07) is 22.7. The molecule has 2 aromatic heterocycles. The molecule has 8 heteroatoms. The highest BCUT2D eigenvalue weighted by Crippen LogP contribution is 2.32. The van der Waals surface area contributed by atoms with Crippen molar-refractivity contribution >= 4 is 39.0 Å². The highest BCUT2D eigenvalue weighted by molar-refractivity contribution is 7.16. The first-order chi connectivity index (χ1) is 18.5. The molecule has 0 radical (unpaired) electrons. The maximum atomic E-state index is 13.6. The van der Waals surface area contributed by atoms with Gasteiger partial charge in [0.15, 0.2) is 16.5 Å². The Labute approximate surface area is 224 Å². The van der Waals surface area contributed by atoms with Crippen LogP contribution in [0.15, 0.2) is 82.2 Å². The van der Waals surface area contributed by atoms with Crippen LogP contribution in [0.25, 0.3) is 22.2 Å². The van der Waals surface area contributed by atoms with Crippen LogP contribution in [0.5, 0.6) is 11.5 Å². The molecule has 0 saturated carbocycles. The molecule has 5 aromatic rings. The van der Waals surface area contributed by atoms with Crippen LogP contribution >= 0.6 is 11.3 Å². The molecule has 0 atom stereocenters. The number of fused-ring (bicyclic) bond motifs is 1. The van der Waals surface area contributed by atoms with Crippen molar-refractivity contribution in [2.75, 3.05) is 19.5 Å². The number of aryl methyl sites for hydroxylation is 2. The SMILES string of the molecule is CCc1sc(NC(=O)c2cc3cccc(OC)c3oc2=Nc2cccc(OC)c2)nc1-c1ccc(C)cc1. The number of rotatable bonds is 7. The van der Waals surface area contributed by atoms with Gasteiger partial charge in [0.2, 0.25) is 5.55 Å². The van der Waals surface area contributed by atoms with Gasteiger partial charge >= 0.3 is 0 Å². The molecule has 0 aliphatic heterocycles. The number of methoxy groups -OCH3 is 2. The van der Waals surface area contributed by atoms with Crippen molar-refractivity contribution in [2.24, 2.45) is 4.99 Å². The van der Waals surface area contributed by atoms with Gasteiger partial charge in [-0.2, -0.15) is 0 Å². The number of aromatic nitrogens is 1. The number of carbonyl (C=O) groups is 1. The van der Waals surface area contributed by atoms with Crippen molar-refractivity contribution < 1.29 is 18.7 Å². The quantitative estimate of drug-likeness (QED) is 0.249. The van der Waals surface area contributed by atoms with Gasteiger partial charge in [-0.1, -0.05) is 55.0 Å². The van der Waals surface area contributed by atoms with Crippen LogP contribution in [0.1, 0.15) is 27.7 Å². The number of anilines is 1. The van der Waals surface area contributed by atoms with Crippen LogP contribution in [0.4, 0.5) is 10.8 Å². The van der Waals surface area contributed by atoms with Gasteiger partial charge in [-0.05, 0) is 37.6 Å². The Balaban J connectivity index is 1.59. The molecule has 0 aliphatic rings. The Morgan fingerprint density at radius 2 is 1.82 bits per heavy atom. The lowest BCUT2D eigenvalue weighted by atomic mass is 10.1. The number of hydrogen-bond donors (Lipinski definition) is 1. The summed E-state index contributed by atoms with van der Waals surface area (Å²) in [7, 11) is 3.16. The predicted molar refractivity (Wildman–Crippen MR) is 151 cm³/mol. The van der Waals surface area contributed by atoms with E-state index in [-0.39, 0.29) is 17.0 Å². The lowest BCUT2D eigenvalue weighted by Crippen LogP contribution is -2.21. The van der Waals surface area contributed by atoms with Gasteiger partial charge in [0, 0.05) is 21.9 Å². The van der Waals surface area contributed by atoms with Gasteiger partial charge in [0.1, 0.15) is 11.3 Å². The Bertz CT molecular complexity index is 1690. The molecule has 7 nitrogen and oxygen atoms in total. The molecule has 3 aromatic carbocycles. The van der Waals surface area contributed by atoms with Gasteiger partial charge in [-0.25, -0.2) is 9.98 Å². The zero-order valence-corrected chi connectivity index (χ0v) is 22.4. The highest BCUT2D eigenvalue weighted by atomic mass is 32.1. The van der Waals surface area contributed by atoms with Crippen LogP contribution in [0, 0.1) is 6.92 Å². The molecule has 0 aliphatic carbocycles. The van der Waals surface area contributed by atoms with E-state index in [2.05, 4.69) is 48.4 Å². The summed E-state index contributed by atoms with van der Waals surface area (Å²) < 4.78 is 17.0. The van der Waals surface area contributed by atoms with Gasteiger partial charge in [-0.15, -0.1) is 11.3 Å². The zero-order chi connectivity index (χ0) is 26.6. The lowest BCUT2D eigenvalue weighted by molar-refractivity contribution is 0.102. The van der Waals surface area contributed by atoms with Crippen LogP contribution < -0.4 is 20.3 Å². The van der Waals surface area contributed by atoms with Crippen molar-refractivity contribution in [1.82, 2.24) is 4.98 Å². The van der Waals surface area contributed by atoms with E-state index in [1.807, 2.05) is 30.3 Å². The van der Waals surface area contributed by atoms with E-state index in [1.54, 1.807) is 32.4 Å². The average Bonchev–Trinajstić information content (AvgIpc) is 3.35. The van der Waals surface area contributed by atoms with E-state index >= 15 is 0 Å². The molecule has 0 bridgehead atoms. The zero-order valence-electron chi connectivity index (χ0n) is 21.6. The maximum absolute atomic E-state index is 13.6. The molecule has 1 amide bonds. The fourth-order valence-electron chi connectivity index (χ4n) is 4.07. The second-order valence-electron chi connectivity index (χ2n) is 8.62. The summed E-state index contributed by atoms with van der Waals surface area (Å²) in [6.45, 7) is 4.13.